The molecule has 0 aliphatic heterocycles. The Morgan fingerprint density at radius 1 is 1.23 bits per heavy atom. The Kier molecular flexibility index (Phi) is 2.46. The average molecular weight is 303 g/mol. The second kappa shape index (κ2) is 3.59. The number of aromatic amines is 1. The first-order chi connectivity index (χ1) is 6.27. The number of rotatable bonds is 1. The molecule has 2 aromatic rings. The maximum Gasteiger partial charge on any atom is 0.157 e. The summed E-state index contributed by atoms with van der Waals surface area (Å²) in [6.07, 6.45) is 5.21. The van der Waals surface area contributed by atoms with Gasteiger partial charge < -0.3 is 4.98 Å². The molecular weight excluding hydrogens is 298 g/mol. The topological polar surface area (TPSA) is 41.6 Å². The molecule has 0 fully saturated rings. The van der Waals surface area contributed by atoms with Crippen molar-refractivity contribution in [1.82, 2.24) is 15.0 Å². The van der Waals surface area contributed by atoms with Crippen molar-refractivity contribution < 1.29 is 0 Å². The number of hydrogen-bond acceptors (Lipinski definition) is 2. The summed E-state index contributed by atoms with van der Waals surface area (Å²) in [5.74, 6) is 0.763. The van der Waals surface area contributed by atoms with Crippen molar-refractivity contribution >= 4 is 31.9 Å². The molecule has 0 saturated heterocycles. The lowest BCUT2D eigenvalue weighted by atomic mass is 10.3. The molecule has 0 spiro atoms. The van der Waals surface area contributed by atoms with Crippen LogP contribution in [0.5, 0.6) is 0 Å². The minimum absolute atomic E-state index is 0.763. The van der Waals surface area contributed by atoms with Gasteiger partial charge in [-0.2, -0.15) is 0 Å². The van der Waals surface area contributed by atoms with Crippen LogP contribution in [-0.4, -0.2) is 15.0 Å². The van der Waals surface area contributed by atoms with E-state index in [9.17, 15) is 0 Å². The van der Waals surface area contributed by atoms with E-state index in [4.69, 9.17) is 0 Å². The molecule has 66 valence electrons. The van der Waals surface area contributed by atoms with E-state index in [1.165, 1.54) is 0 Å². The van der Waals surface area contributed by atoms with E-state index >= 15 is 0 Å². The van der Waals surface area contributed by atoms with Crippen LogP contribution in [-0.2, 0) is 0 Å². The summed E-state index contributed by atoms with van der Waals surface area (Å²) in [6.45, 7) is 0. The van der Waals surface area contributed by atoms with Crippen molar-refractivity contribution in [2.45, 2.75) is 0 Å². The van der Waals surface area contributed by atoms with Crippen LogP contribution in [0.3, 0.4) is 0 Å². The van der Waals surface area contributed by atoms with E-state index in [2.05, 4.69) is 46.8 Å². The molecule has 2 rings (SSSR count). The predicted octanol–water partition coefficient (Wildman–Crippen LogP) is 3.00. The minimum atomic E-state index is 0.763. The van der Waals surface area contributed by atoms with Gasteiger partial charge in [0, 0.05) is 27.5 Å². The molecule has 0 unspecified atom stereocenters. The van der Waals surface area contributed by atoms with Gasteiger partial charge >= 0.3 is 0 Å². The Hall–Kier alpha value is -0.680. The zero-order chi connectivity index (χ0) is 9.26. The van der Waals surface area contributed by atoms with Crippen LogP contribution < -0.4 is 0 Å². The number of pyridine rings is 1. The highest BCUT2D eigenvalue weighted by molar-refractivity contribution is 9.11. The molecule has 13 heavy (non-hydrogen) atoms. The number of nitrogens with zero attached hydrogens (tertiary/aromatic N) is 2. The molecule has 0 aromatic carbocycles. The summed E-state index contributed by atoms with van der Waals surface area (Å²) < 4.78 is 1.85. The van der Waals surface area contributed by atoms with Gasteiger partial charge in [0.15, 0.2) is 5.82 Å². The van der Waals surface area contributed by atoms with Crippen LogP contribution in [0.2, 0.25) is 0 Å². The molecule has 3 nitrogen and oxygen atoms in total. The Morgan fingerprint density at radius 3 is 2.69 bits per heavy atom. The van der Waals surface area contributed by atoms with Crippen LogP contribution in [0.1, 0.15) is 0 Å². The molecule has 1 N–H and O–H groups in total. The van der Waals surface area contributed by atoms with Gasteiger partial charge in [0.2, 0.25) is 0 Å². The average Bonchev–Trinajstić information content (AvgIpc) is 2.56. The van der Waals surface area contributed by atoms with Crippen molar-refractivity contribution in [3.05, 3.63) is 33.6 Å². The molecule has 0 bridgehead atoms. The van der Waals surface area contributed by atoms with Gasteiger partial charge in [-0.15, -0.1) is 0 Å². The van der Waals surface area contributed by atoms with Crippen molar-refractivity contribution in [3.8, 4) is 11.5 Å². The van der Waals surface area contributed by atoms with Gasteiger partial charge in [-0.3, -0.25) is 4.98 Å². The zero-order valence-corrected chi connectivity index (χ0v) is 9.63. The summed E-state index contributed by atoms with van der Waals surface area (Å²) in [5.41, 5.74) is 0.813. The van der Waals surface area contributed by atoms with Gasteiger partial charge in [0.25, 0.3) is 0 Å². The Labute approximate surface area is 91.9 Å². The number of aromatic nitrogens is 3. The van der Waals surface area contributed by atoms with Gasteiger partial charge in [-0.1, -0.05) is 0 Å². The van der Waals surface area contributed by atoms with E-state index in [1.54, 1.807) is 18.6 Å². The lowest BCUT2D eigenvalue weighted by molar-refractivity contribution is 1.20. The van der Waals surface area contributed by atoms with Crippen LogP contribution in [0.4, 0.5) is 0 Å². The van der Waals surface area contributed by atoms with Crippen LogP contribution >= 0.6 is 31.9 Å². The number of nitrogens with one attached hydrogen (secondary N) is 1. The molecular formula is C8H5Br2N3. The predicted molar refractivity (Wildman–Crippen MR) is 57.2 cm³/mol. The summed E-state index contributed by atoms with van der Waals surface area (Å²) in [6, 6.07) is 1.94. The first-order valence-electron chi connectivity index (χ1n) is 3.58. The highest BCUT2D eigenvalue weighted by atomic mass is 79.9. The molecule has 0 atom stereocenters. The van der Waals surface area contributed by atoms with Crippen LogP contribution in [0.25, 0.3) is 11.5 Å². The Bertz CT molecular complexity index is 411. The van der Waals surface area contributed by atoms with Gasteiger partial charge in [-0.25, -0.2) is 4.98 Å². The van der Waals surface area contributed by atoms with Crippen molar-refractivity contribution in [2.75, 3.05) is 0 Å². The van der Waals surface area contributed by atoms with E-state index < -0.39 is 0 Å². The summed E-state index contributed by atoms with van der Waals surface area (Å²) >= 11 is 6.75. The maximum atomic E-state index is 4.23. The fourth-order valence-electron chi connectivity index (χ4n) is 0.984. The molecule has 0 radical (unpaired) electrons. The van der Waals surface area contributed by atoms with Gasteiger partial charge in [0.05, 0.1) is 0 Å². The molecule has 5 heteroatoms. The number of hydrogen-bond donors (Lipinski definition) is 1. The first-order valence-corrected chi connectivity index (χ1v) is 5.17. The van der Waals surface area contributed by atoms with E-state index in [0.717, 1.165) is 20.5 Å². The van der Waals surface area contributed by atoms with Crippen molar-refractivity contribution in [2.24, 2.45) is 0 Å². The van der Waals surface area contributed by atoms with Gasteiger partial charge in [-0.05, 0) is 37.9 Å². The molecule has 0 aliphatic carbocycles. The number of imidazole rings is 1. The molecule has 0 amide bonds. The van der Waals surface area contributed by atoms with Crippen LogP contribution in [0, 0.1) is 0 Å². The monoisotopic (exact) mass is 301 g/mol. The maximum absolute atomic E-state index is 4.23. The zero-order valence-electron chi connectivity index (χ0n) is 6.46. The minimum Gasteiger partial charge on any atom is -0.343 e. The lowest BCUT2D eigenvalue weighted by Crippen LogP contribution is -1.86. The lowest BCUT2D eigenvalue weighted by Gasteiger charge is -1.99. The summed E-state index contributed by atoms with van der Waals surface area (Å²) in [5, 5.41) is 0. The van der Waals surface area contributed by atoms with Gasteiger partial charge in [0.1, 0.15) is 5.69 Å². The SMILES string of the molecule is Brc1cnc(-c2ncc[nH]2)c(Br)c1. The highest BCUT2D eigenvalue weighted by Crippen LogP contribution is 2.25. The summed E-state index contributed by atoms with van der Waals surface area (Å²) in [7, 11) is 0. The normalized spacial score (nSPS) is 10.3. The third-order valence-corrected chi connectivity index (χ3v) is 2.57. The molecule has 0 aliphatic rings. The Balaban J connectivity index is 2.53. The summed E-state index contributed by atoms with van der Waals surface area (Å²) in [4.78, 5) is 11.3. The quantitative estimate of drug-likeness (QED) is 0.880. The number of H-pyrrole nitrogens is 1. The standard InChI is InChI=1S/C8H5Br2N3/c9-5-3-6(10)7(13-4-5)8-11-1-2-12-8/h1-4H,(H,11,12). The molecule has 2 aromatic heterocycles. The smallest absolute Gasteiger partial charge is 0.157 e. The number of halogens is 2. The van der Waals surface area contributed by atoms with Crippen molar-refractivity contribution in [1.29, 1.82) is 0 Å². The molecule has 2 heterocycles. The first kappa shape index (κ1) is 8.90. The second-order valence-corrected chi connectivity index (χ2v) is 4.19. The van der Waals surface area contributed by atoms with Crippen molar-refractivity contribution in [3.63, 3.8) is 0 Å². The fraction of sp³-hybridized carbons (Fsp3) is 0. The van der Waals surface area contributed by atoms with E-state index in [1.807, 2.05) is 6.07 Å². The highest BCUT2D eigenvalue weighted by Gasteiger charge is 2.06. The van der Waals surface area contributed by atoms with E-state index in [-0.39, 0.29) is 0 Å². The van der Waals surface area contributed by atoms with E-state index in [0.29, 0.717) is 0 Å². The Morgan fingerprint density at radius 2 is 2.08 bits per heavy atom. The third kappa shape index (κ3) is 1.81. The largest absolute Gasteiger partial charge is 0.343 e. The second-order valence-electron chi connectivity index (χ2n) is 2.42. The molecule has 0 saturated carbocycles. The fourth-order valence-corrected chi connectivity index (χ4v) is 2.16. The van der Waals surface area contributed by atoms with Crippen LogP contribution in [0.15, 0.2) is 33.6 Å². The third-order valence-electron chi connectivity index (χ3n) is 1.53.